The van der Waals surface area contributed by atoms with Crippen LogP contribution in [0.2, 0.25) is 0 Å². The molecular weight excluding hydrogens is 306 g/mol. The van der Waals surface area contributed by atoms with E-state index in [-0.39, 0.29) is 23.6 Å². The third-order valence-corrected chi connectivity index (χ3v) is 4.19. The summed E-state index contributed by atoms with van der Waals surface area (Å²) in [6.45, 7) is 4.14. The average molecular weight is 327 g/mol. The third kappa shape index (κ3) is 3.19. The number of furan rings is 1. The molecule has 3 rings (SSSR count). The number of amides is 2. The zero-order valence-corrected chi connectivity index (χ0v) is 13.9. The van der Waals surface area contributed by atoms with E-state index in [1.54, 1.807) is 31.3 Å². The Bertz CT molecular complexity index is 727. The molecule has 126 valence electrons. The fourth-order valence-electron chi connectivity index (χ4n) is 2.91. The van der Waals surface area contributed by atoms with Crippen molar-refractivity contribution in [3.8, 4) is 0 Å². The van der Waals surface area contributed by atoms with E-state index >= 15 is 0 Å². The number of anilines is 1. The number of carbonyl (C=O) groups is 2. The maximum absolute atomic E-state index is 12.9. The Morgan fingerprint density at radius 3 is 2.75 bits per heavy atom. The second-order valence-corrected chi connectivity index (χ2v) is 5.96. The monoisotopic (exact) mass is 327 g/mol. The molecule has 6 heteroatoms. The molecule has 2 heterocycles. The summed E-state index contributed by atoms with van der Waals surface area (Å²) in [7, 11) is 1.65. The molecule has 0 bridgehead atoms. The summed E-state index contributed by atoms with van der Waals surface area (Å²) in [6.07, 6.45) is 1.46. The van der Waals surface area contributed by atoms with Gasteiger partial charge < -0.3 is 19.5 Å². The molecule has 1 aliphatic heterocycles. The smallest absolute Gasteiger partial charge is 0.293 e. The van der Waals surface area contributed by atoms with Crippen LogP contribution in [-0.4, -0.2) is 49.4 Å². The standard InChI is InChI=1S/C18H21N3O3/c1-13-12-21(10-9-19-13)17(22)14-6-3-4-7-15(14)20(2)18(23)16-8-5-11-24-16/h3-8,11,13,19H,9-10,12H2,1-2H3. The van der Waals surface area contributed by atoms with Crippen LogP contribution in [0.15, 0.2) is 47.1 Å². The van der Waals surface area contributed by atoms with Gasteiger partial charge in [-0.15, -0.1) is 0 Å². The van der Waals surface area contributed by atoms with Gasteiger partial charge >= 0.3 is 0 Å². The lowest BCUT2D eigenvalue weighted by Crippen LogP contribution is -2.51. The van der Waals surface area contributed by atoms with Gasteiger partial charge in [-0.2, -0.15) is 0 Å². The summed E-state index contributed by atoms with van der Waals surface area (Å²) in [5.74, 6) is -0.0949. The van der Waals surface area contributed by atoms with Crippen molar-refractivity contribution in [2.75, 3.05) is 31.6 Å². The van der Waals surface area contributed by atoms with Gasteiger partial charge in [0.05, 0.1) is 17.5 Å². The highest BCUT2D eigenvalue weighted by Crippen LogP contribution is 2.23. The Balaban J connectivity index is 1.87. The van der Waals surface area contributed by atoms with Gasteiger partial charge in [-0.25, -0.2) is 0 Å². The Morgan fingerprint density at radius 1 is 1.25 bits per heavy atom. The van der Waals surface area contributed by atoms with Gasteiger partial charge in [-0.1, -0.05) is 12.1 Å². The summed E-state index contributed by atoms with van der Waals surface area (Å²) in [5.41, 5.74) is 1.10. The molecule has 1 aromatic carbocycles. The molecule has 6 nitrogen and oxygen atoms in total. The number of carbonyl (C=O) groups excluding carboxylic acids is 2. The number of nitrogens with zero attached hydrogens (tertiary/aromatic N) is 2. The Morgan fingerprint density at radius 2 is 2.04 bits per heavy atom. The van der Waals surface area contributed by atoms with Crippen molar-refractivity contribution in [3.63, 3.8) is 0 Å². The molecule has 1 saturated heterocycles. The van der Waals surface area contributed by atoms with Crippen molar-refractivity contribution in [1.29, 1.82) is 0 Å². The first-order valence-corrected chi connectivity index (χ1v) is 8.01. The number of hydrogen-bond donors (Lipinski definition) is 1. The normalized spacial score (nSPS) is 17.6. The van der Waals surface area contributed by atoms with Crippen molar-refractivity contribution in [2.45, 2.75) is 13.0 Å². The van der Waals surface area contributed by atoms with Crippen LogP contribution in [0.25, 0.3) is 0 Å². The first-order chi connectivity index (χ1) is 11.6. The van der Waals surface area contributed by atoms with Crippen molar-refractivity contribution in [1.82, 2.24) is 10.2 Å². The average Bonchev–Trinajstić information content (AvgIpc) is 3.14. The summed E-state index contributed by atoms with van der Waals surface area (Å²) in [5, 5.41) is 3.32. The minimum Gasteiger partial charge on any atom is -0.459 e. The molecule has 0 saturated carbocycles. The largest absolute Gasteiger partial charge is 0.459 e. The predicted octanol–water partition coefficient (Wildman–Crippen LogP) is 1.99. The molecule has 1 fully saturated rings. The van der Waals surface area contributed by atoms with E-state index in [2.05, 4.69) is 12.2 Å². The van der Waals surface area contributed by atoms with E-state index in [4.69, 9.17) is 4.42 Å². The van der Waals surface area contributed by atoms with Crippen molar-refractivity contribution in [3.05, 3.63) is 54.0 Å². The number of nitrogens with one attached hydrogen (secondary N) is 1. The van der Waals surface area contributed by atoms with Crippen LogP contribution in [0.4, 0.5) is 5.69 Å². The fraction of sp³-hybridized carbons (Fsp3) is 0.333. The summed E-state index contributed by atoms with van der Waals surface area (Å²) < 4.78 is 5.17. The van der Waals surface area contributed by atoms with Crippen LogP contribution in [-0.2, 0) is 0 Å². The summed E-state index contributed by atoms with van der Waals surface area (Å²) in [6, 6.07) is 10.7. The highest BCUT2D eigenvalue weighted by Gasteiger charge is 2.26. The third-order valence-electron chi connectivity index (χ3n) is 4.19. The van der Waals surface area contributed by atoms with Crippen molar-refractivity contribution in [2.24, 2.45) is 0 Å². The van der Waals surface area contributed by atoms with Crippen molar-refractivity contribution >= 4 is 17.5 Å². The molecule has 1 unspecified atom stereocenters. The maximum Gasteiger partial charge on any atom is 0.293 e. The Labute approximate surface area is 141 Å². The van der Waals surface area contributed by atoms with Crippen LogP contribution in [0.1, 0.15) is 27.8 Å². The van der Waals surface area contributed by atoms with E-state index < -0.39 is 0 Å². The highest BCUT2D eigenvalue weighted by molar-refractivity contribution is 6.09. The number of hydrogen-bond acceptors (Lipinski definition) is 4. The first-order valence-electron chi connectivity index (χ1n) is 8.01. The minimum atomic E-state index is -0.283. The lowest BCUT2D eigenvalue weighted by atomic mass is 10.1. The zero-order valence-electron chi connectivity index (χ0n) is 13.9. The van der Waals surface area contributed by atoms with Crippen LogP contribution in [0.3, 0.4) is 0 Å². The fourth-order valence-corrected chi connectivity index (χ4v) is 2.91. The molecule has 1 atom stereocenters. The quantitative estimate of drug-likeness (QED) is 0.936. The van der Waals surface area contributed by atoms with E-state index in [9.17, 15) is 9.59 Å². The van der Waals surface area contributed by atoms with Crippen LogP contribution < -0.4 is 10.2 Å². The Hall–Kier alpha value is -2.60. The molecule has 2 aromatic rings. The van der Waals surface area contributed by atoms with E-state index in [1.807, 2.05) is 17.0 Å². The van der Waals surface area contributed by atoms with E-state index in [0.717, 1.165) is 6.54 Å². The molecule has 0 radical (unpaired) electrons. The van der Waals surface area contributed by atoms with Gasteiger partial charge in [0.15, 0.2) is 5.76 Å². The molecule has 0 aliphatic carbocycles. The molecular formula is C18H21N3O3. The highest BCUT2D eigenvalue weighted by atomic mass is 16.3. The molecule has 1 aromatic heterocycles. The maximum atomic E-state index is 12.9. The summed E-state index contributed by atoms with van der Waals surface area (Å²) in [4.78, 5) is 28.7. The Kier molecular flexibility index (Phi) is 4.66. The van der Waals surface area contributed by atoms with Gasteiger partial charge in [0.1, 0.15) is 0 Å². The first kappa shape index (κ1) is 16.3. The molecule has 1 N–H and O–H groups in total. The number of piperazine rings is 1. The van der Waals surface area contributed by atoms with Crippen molar-refractivity contribution < 1.29 is 14.0 Å². The lowest BCUT2D eigenvalue weighted by Gasteiger charge is -2.32. The van der Waals surface area contributed by atoms with Gasteiger partial charge in [0.2, 0.25) is 0 Å². The number of para-hydroxylation sites is 1. The van der Waals surface area contributed by atoms with Crippen LogP contribution in [0, 0.1) is 0 Å². The van der Waals surface area contributed by atoms with Gasteiger partial charge in [0, 0.05) is 32.7 Å². The lowest BCUT2D eigenvalue weighted by molar-refractivity contribution is 0.0710. The SMILES string of the molecule is CC1CN(C(=O)c2ccccc2N(C)C(=O)c2ccco2)CCN1. The van der Waals surface area contributed by atoms with E-state index in [1.165, 1.54) is 11.2 Å². The predicted molar refractivity (Wildman–Crippen MR) is 91.3 cm³/mol. The van der Waals surface area contributed by atoms with E-state index in [0.29, 0.717) is 24.3 Å². The summed E-state index contributed by atoms with van der Waals surface area (Å²) >= 11 is 0. The van der Waals surface area contributed by atoms with Crippen LogP contribution >= 0.6 is 0 Å². The molecule has 24 heavy (non-hydrogen) atoms. The van der Waals surface area contributed by atoms with Gasteiger partial charge in [-0.3, -0.25) is 9.59 Å². The topological polar surface area (TPSA) is 65.8 Å². The van der Waals surface area contributed by atoms with Gasteiger partial charge in [0.25, 0.3) is 11.8 Å². The molecule has 0 spiro atoms. The number of benzene rings is 1. The second-order valence-electron chi connectivity index (χ2n) is 5.96. The van der Waals surface area contributed by atoms with Gasteiger partial charge in [-0.05, 0) is 31.2 Å². The zero-order chi connectivity index (χ0) is 17.1. The number of rotatable bonds is 3. The molecule has 1 aliphatic rings. The molecule has 2 amide bonds. The van der Waals surface area contributed by atoms with Crippen LogP contribution in [0.5, 0.6) is 0 Å². The second kappa shape index (κ2) is 6.88. The minimum absolute atomic E-state index is 0.0574.